The quantitative estimate of drug-likeness (QED) is 0.113. The molecule has 0 aliphatic heterocycles. The molecule has 0 heterocycles. The molecule has 0 fully saturated rings. The van der Waals surface area contributed by atoms with E-state index in [1.807, 2.05) is 116 Å². The molecule has 0 saturated heterocycles. The summed E-state index contributed by atoms with van der Waals surface area (Å²) < 4.78 is 0. The number of aryl methyl sites for hydroxylation is 1. The molecule has 0 saturated carbocycles. The number of anilines is 2. The number of benzene rings is 5. The van der Waals surface area contributed by atoms with E-state index in [-0.39, 0.29) is 11.6 Å². The standard InChI is InChI=1S/C37H31N3O3S/c1-26-14-11-12-23-32(26)39-37(43)34(28-17-7-3-8-18-28)44-31-22-13-21-30(25-31)38-36(42)33(24-27-15-5-2-6-16-27)40-35(41)29-19-9-4-10-20-29/h2-25,34H,1H3,(H,38,42)(H,39,43)(H,40,41)/b33-24-. The lowest BCUT2D eigenvalue weighted by Gasteiger charge is -2.18. The summed E-state index contributed by atoms with van der Waals surface area (Å²) in [6, 6.07) is 42.6. The highest BCUT2D eigenvalue weighted by atomic mass is 32.2. The van der Waals surface area contributed by atoms with Crippen LogP contribution in [0.3, 0.4) is 0 Å². The summed E-state index contributed by atoms with van der Waals surface area (Å²) in [6.45, 7) is 1.95. The highest BCUT2D eigenvalue weighted by Gasteiger charge is 2.23. The minimum absolute atomic E-state index is 0.0999. The highest BCUT2D eigenvalue weighted by molar-refractivity contribution is 8.00. The van der Waals surface area contributed by atoms with Gasteiger partial charge in [-0.1, -0.05) is 103 Å². The van der Waals surface area contributed by atoms with Crippen molar-refractivity contribution in [2.75, 3.05) is 10.6 Å². The smallest absolute Gasteiger partial charge is 0.272 e. The fourth-order valence-corrected chi connectivity index (χ4v) is 5.54. The molecular weight excluding hydrogens is 566 g/mol. The van der Waals surface area contributed by atoms with E-state index in [1.165, 1.54) is 11.8 Å². The average molecular weight is 598 g/mol. The van der Waals surface area contributed by atoms with Crippen LogP contribution in [-0.2, 0) is 9.59 Å². The molecule has 0 bridgehead atoms. The van der Waals surface area contributed by atoms with Crippen molar-refractivity contribution in [2.45, 2.75) is 17.1 Å². The molecule has 3 amide bonds. The Bertz CT molecular complexity index is 1770. The number of hydrogen-bond donors (Lipinski definition) is 3. The van der Waals surface area contributed by atoms with Gasteiger partial charge in [0.1, 0.15) is 10.9 Å². The second kappa shape index (κ2) is 14.7. The van der Waals surface area contributed by atoms with Crippen LogP contribution in [0.15, 0.2) is 150 Å². The second-order valence-electron chi connectivity index (χ2n) is 9.98. The van der Waals surface area contributed by atoms with E-state index in [1.54, 1.807) is 36.4 Å². The Morgan fingerprint density at radius 2 is 1.32 bits per heavy atom. The van der Waals surface area contributed by atoms with Crippen molar-refractivity contribution < 1.29 is 14.4 Å². The molecule has 5 aromatic carbocycles. The third-order valence-corrected chi connectivity index (χ3v) is 7.98. The van der Waals surface area contributed by atoms with E-state index in [9.17, 15) is 14.4 Å². The van der Waals surface area contributed by atoms with E-state index in [0.717, 1.165) is 27.3 Å². The van der Waals surface area contributed by atoms with Crippen molar-refractivity contribution in [1.82, 2.24) is 5.32 Å². The monoisotopic (exact) mass is 597 g/mol. The summed E-state index contributed by atoms with van der Waals surface area (Å²) in [5, 5.41) is 8.21. The highest BCUT2D eigenvalue weighted by Crippen LogP contribution is 2.37. The number of amides is 3. The Labute approximate surface area is 261 Å². The molecule has 0 spiro atoms. The lowest BCUT2D eigenvalue weighted by atomic mass is 10.1. The number of para-hydroxylation sites is 1. The maximum atomic E-state index is 13.6. The van der Waals surface area contributed by atoms with E-state index in [2.05, 4.69) is 16.0 Å². The molecule has 218 valence electrons. The summed E-state index contributed by atoms with van der Waals surface area (Å²) >= 11 is 1.39. The maximum Gasteiger partial charge on any atom is 0.272 e. The van der Waals surface area contributed by atoms with Crippen molar-refractivity contribution in [3.8, 4) is 0 Å². The molecule has 7 heteroatoms. The van der Waals surface area contributed by atoms with E-state index < -0.39 is 17.1 Å². The van der Waals surface area contributed by atoms with Gasteiger partial charge >= 0.3 is 0 Å². The lowest BCUT2D eigenvalue weighted by molar-refractivity contribution is -0.116. The number of carbonyl (C=O) groups is 3. The van der Waals surface area contributed by atoms with Gasteiger partial charge in [-0.15, -0.1) is 11.8 Å². The molecule has 0 aliphatic carbocycles. The first-order valence-corrected chi connectivity index (χ1v) is 15.0. The van der Waals surface area contributed by atoms with Gasteiger partial charge in [-0.3, -0.25) is 14.4 Å². The van der Waals surface area contributed by atoms with Crippen molar-refractivity contribution in [3.63, 3.8) is 0 Å². The predicted octanol–water partition coefficient (Wildman–Crippen LogP) is 7.88. The van der Waals surface area contributed by atoms with Gasteiger partial charge in [0.05, 0.1) is 0 Å². The number of rotatable bonds is 10. The van der Waals surface area contributed by atoms with E-state index in [4.69, 9.17) is 0 Å². The molecule has 0 aromatic heterocycles. The van der Waals surface area contributed by atoms with Crippen LogP contribution in [0.5, 0.6) is 0 Å². The van der Waals surface area contributed by atoms with Crippen LogP contribution in [0.4, 0.5) is 11.4 Å². The van der Waals surface area contributed by atoms with Gasteiger partial charge in [0, 0.05) is 21.8 Å². The first-order valence-electron chi connectivity index (χ1n) is 14.1. The topological polar surface area (TPSA) is 87.3 Å². The SMILES string of the molecule is Cc1ccccc1NC(=O)C(Sc1cccc(NC(=O)/C(=C/c2ccccc2)NC(=O)c2ccccc2)c1)c1ccccc1. The van der Waals surface area contributed by atoms with Crippen molar-refractivity contribution in [3.05, 3.63) is 167 Å². The molecule has 5 rings (SSSR count). The minimum Gasteiger partial charge on any atom is -0.325 e. The molecule has 5 aromatic rings. The third-order valence-electron chi connectivity index (χ3n) is 6.73. The molecular formula is C37H31N3O3S. The minimum atomic E-state index is -0.541. The number of hydrogen-bond acceptors (Lipinski definition) is 4. The molecule has 1 unspecified atom stereocenters. The van der Waals surface area contributed by atoms with Crippen LogP contribution in [0.1, 0.15) is 32.3 Å². The Balaban J connectivity index is 1.37. The molecule has 1 atom stereocenters. The summed E-state index contributed by atoms with van der Waals surface area (Å²) in [7, 11) is 0. The molecule has 3 N–H and O–H groups in total. The molecule has 0 aliphatic rings. The van der Waals surface area contributed by atoms with Crippen LogP contribution in [0.2, 0.25) is 0 Å². The zero-order valence-corrected chi connectivity index (χ0v) is 24.9. The van der Waals surface area contributed by atoms with Gasteiger partial charge in [-0.25, -0.2) is 0 Å². The third kappa shape index (κ3) is 8.12. The summed E-state index contributed by atoms with van der Waals surface area (Å²) in [5.74, 6) is -1.02. The maximum absolute atomic E-state index is 13.6. The van der Waals surface area contributed by atoms with E-state index in [0.29, 0.717) is 11.3 Å². The second-order valence-corrected chi connectivity index (χ2v) is 11.2. The van der Waals surface area contributed by atoms with Gasteiger partial charge in [-0.05, 0) is 66.1 Å². The summed E-state index contributed by atoms with van der Waals surface area (Å²) in [4.78, 5) is 40.8. The van der Waals surface area contributed by atoms with Crippen molar-refractivity contribution in [2.24, 2.45) is 0 Å². The number of thioether (sulfide) groups is 1. The Morgan fingerprint density at radius 1 is 0.682 bits per heavy atom. The van der Waals surface area contributed by atoms with Crippen molar-refractivity contribution >= 4 is 46.9 Å². The van der Waals surface area contributed by atoms with Crippen LogP contribution < -0.4 is 16.0 Å². The van der Waals surface area contributed by atoms with Crippen LogP contribution in [0.25, 0.3) is 6.08 Å². The predicted molar refractivity (Wildman–Crippen MR) is 178 cm³/mol. The van der Waals surface area contributed by atoms with Gasteiger partial charge < -0.3 is 16.0 Å². The zero-order valence-electron chi connectivity index (χ0n) is 24.1. The first kappa shape index (κ1) is 30.1. The largest absolute Gasteiger partial charge is 0.325 e. The Hall–Kier alpha value is -5.40. The average Bonchev–Trinajstić information content (AvgIpc) is 3.06. The van der Waals surface area contributed by atoms with Gasteiger partial charge in [0.15, 0.2) is 0 Å². The number of nitrogens with one attached hydrogen (secondary N) is 3. The molecule has 0 radical (unpaired) electrons. The van der Waals surface area contributed by atoms with Crippen LogP contribution >= 0.6 is 11.8 Å². The normalized spacial score (nSPS) is 11.7. The van der Waals surface area contributed by atoms with Gasteiger partial charge in [0.2, 0.25) is 5.91 Å². The van der Waals surface area contributed by atoms with Crippen molar-refractivity contribution in [1.29, 1.82) is 0 Å². The number of carbonyl (C=O) groups excluding carboxylic acids is 3. The first-order chi connectivity index (χ1) is 21.5. The fraction of sp³-hybridized carbons (Fsp3) is 0.0541. The van der Waals surface area contributed by atoms with Crippen LogP contribution in [0, 0.1) is 6.92 Å². The van der Waals surface area contributed by atoms with Gasteiger partial charge in [-0.2, -0.15) is 0 Å². The summed E-state index contributed by atoms with van der Waals surface area (Å²) in [6.07, 6.45) is 1.64. The Morgan fingerprint density at radius 3 is 2.02 bits per heavy atom. The molecule has 6 nitrogen and oxygen atoms in total. The van der Waals surface area contributed by atoms with Crippen LogP contribution in [-0.4, -0.2) is 17.7 Å². The van der Waals surface area contributed by atoms with E-state index >= 15 is 0 Å². The van der Waals surface area contributed by atoms with Gasteiger partial charge in [0.25, 0.3) is 11.8 Å². The summed E-state index contributed by atoms with van der Waals surface area (Å²) in [5.41, 5.74) is 4.42. The lowest BCUT2D eigenvalue weighted by Crippen LogP contribution is -2.30. The zero-order chi connectivity index (χ0) is 30.7. The molecule has 44 heavy (non-hydrogen) atoms. The Kier molecular flexibility index (Phi) is 10.0. The fourth-order valence-electron chi connectivity index (χ4n) is 4.45.